The van der Waals surface area contributed by atoms with Gasteiger partial charge in [-0.1, -0.05) is 48.5 Å². The lowest BCUT2D eigenvalue weighted by Gasteiger charge is -2.25. The third-order valence-corrected chi connectivity index (χ3v) is 6.12. The zero-order valence-electron chi connectivity index (χ0n) is 22.1. The molecule has 0 saturated heterocycles. The van der Waals surface area contributed by atoms with Crippen molar-refractivity contribution in [3.63, 3.8) is 0 Å². The first kappa shape index (κ1) is 28.1. The molecule has 0 unspecified atom stereocenters. The minimum Gasteiger partial charge on any atom is -0.494 e. The van der Waals surface area contributed by atoms with Gasteiger partial charge in [-0.25, -0.2) is 10.9 Å². The molecule has 4 aromatic rings. The molecule has 0 radical (unpaired) electrons. The molecule has 0 aliphatic carbocycles. The average molecular weight is 537 g/mol. The summed E-state index contributed by atoms with van der Waals surface area (Å²) in [6, 6.07) is 35.1. The largest absolute Gasteiger partial charge is 0.494 e. The van der Waals surface area contributed by atoms with Gasteiger partial charge >= 0.3 is 0 Å². The molecule has 3 N–H and O–H groups in total. The van der Waals surface area contributed by atoms with Crippen LogP contribution < -0.4 is 20.5 Å². The molecule has 0 saturated carbocycles. The maximum Gasteiger partial charge on any atom is 0.271 e. The SMILES string of the molecule is O=C(CCCCCOc1ccc(C(=O)N/N=C/c2ccc(N(c3ccccc3)c3ccccc3)cc2)cc1)NO. The predicted molar refractivity (Wildman–Crippen MR) is 157 cm³/mol. The zero-order chi connectivity index (χ0) is 28.0. The number of ether oxygens (including phenoxy) is 1. The molecule has 0 aliphatic rings. The van der Waals surface area contributed by atoms with Gasteiger partial charge in [-0.2, -0.15) is 5.10 Å². The smallest absolute Gasteiger partial charge is 0.271 e. The number of hydrogen-bond acceptors (Lipinski definition) is 6. The maximum atomic E-state index is 12.5. The number of carbonyl (C=O) groups excluding carboxylic acids is 2. The number of nitrogens with zero attached hydrogens (tertiary/aromatic N) is 2. The van der Waals surface area contributed by atoms with Crippen LogP contribution >= 0.6 is 0 Å². The highest BCUT2D eigenvalue weighted by atomic mass is 16.5. The number of unbranched alkanes of at least 4 members (excludes halogenated alkanes) is 2. The summed E-state index contributed by atoms with van der Waals surface area (Å²) >= 11 is 0. The molecule has 40 heavy (non-hydrogen) atoms. The Morgan fingerprint density at radius 1 is 0.750 bits per heavy atom. The van der Waals surface area contributed by atoms with Gasteiger partial charge in [0.05, 0.1) is 12.8 Å². The van der Waals surface area contributed by atoms with Gasteiger partial charge in [0.2, 0.25) is 5.91 Å². The van der Waals surface area contributed by atoms with Crippen LogP contribution in [0.1, 0.15) is 41.6 Å². The van der Waals surface area contributed by atoms with Crippen molar-refractivity contribution in [2.24, 2.45) is 5.10 Å². The predicted octanol–water partition coefficient (Wildman–Crippen LogP) is 6.36. The number of hydroxylamine groups is 1. The van der Waals surface area contributed by atoms with Gasteiger partial charge < -0.3 is 9.64 Å². The Labute approximate surface area is 233 Å². The van der Waals surface area contributed by atoms with Crippen molar-refractivity contribution in [3.8, 4) is 5.75 Å². The third-order valence-electron chi connectivity index (χ3n) is 6.12. The molecule has 2 amide bonds. The van der Waals surface area contributed by atoms with E-state index in [1.807, 2.05) is 60.7 Å². The average Bonchev–Trinajstić information content (AvgIpc) is 3.01. The number of benzene rings is 4. The van der Waals surface area contributed by atoms with Crippen molar-refractivity contribution in [2.75, 3.05) is 11.5 Å². The Balaban J connectivity index is 1.28. The van der Waals surface area contributed by atoms with E-state index in [0.29, 0.717) is 24.3 Å². The van der Waals surface area contributed by atoms with Crippen molar-refractivity contribution in [3.05, 3.63) is 120 Å². The molecule has 4 rings (SSSR count). The summed E-state index contributed by atoms with van der Waals surface area (Å²) in [6.45, 7) is 0.504. The minimum atomic E-state index is -0.383. The highest BCUT2D eigenvalue weighted by Gasteiger charge is 2.11. The van der Waals surface area contributed by atoms with Gasteiger partial charge in [-0.15, -0.1) is 0 Å². The fourth-order valence-corrected chi connectivity index (χ4v) is 4.05. The number of rotatable bonds is 13. The van der Waals surface area contributed by atoms with Crippen LogP contribution in [0.5, 0.6) is 5.75 Å². The van der Waals surface area contributed by atoms with Gasteiger partial charge in [-0.05, 0) is 85.5 Å². The number of anilines is 3. The Morgan fingerprint density at radius 2 is 1.35 bits per heavy atom. The Hall–Kier alpha value is -4.95. The van der Waals surface area contributed by atoms with E-state index in [0.717, 1.165) is 35.5 Å². The Bertz CT molecular complexity index is 1340. The first-order valence-electron chi connectivity index (χ1n) is 13.1. The third kappa shape index (κ3) is 8.28. The maximum absolute atomic E-state index is 12.5. The summed E-state index contributed by atoms with van der Waals surface area (Å²) in [5, 5.41) is 12.6. The van der Waals surface area contributed by atoms with Gasteiger partial charge in [0, 0.05) is 29.0 Å². The number of hydrogen-bond donors (Lipinski definition) is 3. The molecule has 0 spiro atoms. The highest BCUT2D eigenvalue weighted by molar-refractivity contribution is 5.95. The first-order valence-corrected chi connectivity index (χ1v) is 13.1. The summed E-state index contributed by atoms with van der Waals surface area (Å²) in [4.78, 5) is 25.6. The van der Waals surface area contributed by atoms with E-state index in [2.05, 4.69) is 39.7 Å². The van der Waals surface area contributed by atoms with Crippen LogP contribution in [-0.2, 0) is 4.79 Å². The summed E-state index contributed by atoms with van der Waals surface area (Å²) in [5.41, 5.74) is 8.63. The monoisotopic (exact) mass is 536 g/mol. The number of amides is 2. The van der Waals surface area contributed by atoms with Gasteiger partial charge in [-0.3, -0.25) is 14.8 Å². The van der Waals surface area contributed by atoms with E-state index in [9.17, 15) is 9.59 Å². The number of hydrazone groups is 1. The zero-order valence-corrected chi connectivity index (χ0v) is 22.1. The summed E-state index contributed by atoms with van der Waals surface area (Å²) < 4.78 is 5.68. The normalized spacial score (nSPS) is 10.7. The number of nitrogens with one attached hydrogen (secondary N) is 2. The summed E-state index contributed by atoms with van der Waals surface area (Å²) in [6.07, 6.45) is 4.17. The van der Waals surface area contributed by atoms with Gasteiger partial charge in [0.25, 0.3) is 5.91 Å². The van der Waals surface area contributed by atoms with Gasteiger partial charge in [0.15, 0.2) is 0 Å². The molecule has 0 heterocycles. The minimum absolute atomic E-state index is 0.287. The lowest BCUT2D eigenvalue weighted by Crippen LogP contribution is -2.17. The van der Waals surface area contributed by atoms with Crippen LogP contribution in [0.3, 0.4) is 0 Å². The van der Waals surface area contributed by atoms with Crippen LogP contribution in [0, 0.1) is 0 Å². The Morgan fingerprint density at radius 3 is 1.95 bits per heavy atom. The Kier molecular flexibility index (Phi) is 10.4. The molecular weight excluding hydrogens is 504 g/mol. The topological polar surface area (TPSA) is 103 Å². The van der Waals surface area contributed by atoms with Crippen molar-refractivity contribution in [1.82, 2.24) is 10.9 Å². The van der Waals surface area contributed by atoms with E-state index < -0.39 is 0 Å². The van der Waals surface area contributed by atoms with Crippen LogP contribution in [0.2, 0.25) is 0 Å². The number of carbonyl (C=O) groups is 2. The van der Waals surface area contributed by atoms with E-state index in [4.69, 9.17) is 9.94 Å². The van der Waals surface area contributed by atoms with Crippen LogP contribution in [-0.4, -0.2) is 29.8 Å². The van der Waals surface area contributed by atoms with Crippen molar-refractivity contribution < 1.29 is 19.5 Å². The van der Waals surface area contributed by atoms with E-state index in [1.54, 1.807) is 36.0 Å². The molecular formula is C32H32N4O4. The van der Waals surface area contributed by atoms with E-state index in [-0.39, 0.29) is 18.2 Å². The highest BCUT2D eigenvalue weighted by Crippen LogP contribution is 2.33. The quantitative estimate of drug-likeness (QED) is 0.0798. The molecule has 204 valence electrons. The summed E-state index contributed by atoms with van der Waals surface area (Å²) in [7, 11) is 0. The first-order chi connectivity index (χ1) is 19.6. The van der Waals surface area contributed by atoms with Crippen molar-refractivity contribution in [2.45, 2.75) is 25.7 Å². The fourth-order valence-electron chi connectivity index (χ4n) is 4.05. The van der Waals surface area contributed by atoms with E-state index in [1.165, 1.54) is 0 Å². The van der Waals surface area contributed by atoms with Crippen LogP contribution in [0.4, 0.5) is 17.1 Å². The summed E-state index contributed by atoms with van der Waals surface area (Å²) in [5.74, 6) is -0.0414. The second kappa shape index (κ2) is 14.8. The molecule has 0 aromatic heterocycles. The second-order valence-electron chi connectivity index (χ2n) is 9.02. The molecule has 0 fully saturated rings. The molecule has 0 bridgehead atoms. The van der Waals surface area contributed by atoms with Crippen molar-refractivity contribution >= 4 is 35.1 Å². The van der Waals surface area contributed by atoms with Crippen LogP contribution in [0.25, 0.3) is 0 Å². The molecule has 8 nitrogen and oxygen atoms in total. The molecule has 8 heteroatoms. The standard InChI is InChI=1S/C32H32N4O4/c37-31(35-39)14-8-3-9-23-40-30-21-17-26(18-22-30)32(38)34-33-24-25-15-19-29(20-16-25)36(27-10-4-1-5-11-27)28-12-6-2-7-13-28/h1-2,4-7,10-13,15-22,24,39H,3,8-9,14,23H2,(H,34,38)(H,35,37)/b33-24+. The van der Waals surface area contributed by atoms with Crippen LogP contribution in [0.15, 0.2) is 114 Å². The lowest BCUT2D eigenvalue weighted by molar-refractivity contribution is -0.129. The van der Waals surface area contributed by atoms with Gasteiger partial charge in [0.1, 0.15) is 5.75 Å². The van der Waals surface area contributed by atoms with Crippen molar-refractivity contribution in [1.29, 1.82) is 0 Å². The lowest BCUT2D eigenvalue weighted by atomic mass is 10.1. The number of para-hydroxylation sites is 2. The molecule has 0 aliphatic heterocycles. The van der Waals surface area contributed by atoms with E-state index >= 15 is 0 Å². The second-order valence-corrected chi connectivity index (χ2v) is 9.02. The molecule has 4 aromatic carbocycles. The molecule has 0 atom stereocenters. The fraction of sp³-hybridized carbons (Fsp3) is 0.156.